The van der Waals surface area contributed by atoms with E-state index in [4.69, 9.17) is 16.0 Å². The van der Waals surface area contributed by atoms with Crippen LogP contribution in [0.2, 0.25) is 5.02 Å². The summed E-state index contributed by atoms with van der Waals surface area (Å²) >= 11 is 7.49. The number of nitrogens with one attached hydrogen (secondary N) is 2. The van der Waals surface area contributed by atoms with E-state index in [1.807, 2.05) is 49.7 Å². The average Bonchev–Trinajstić information content (AvgIpc) is 3.10. The number of thioether (sulfide) groups is 1. The third-order valence-corrected chi connectivity index (χ3v) is 4.90. The maximum atomic E-state index is 12.3. The van der Waals surface area contributed by atoms with Crippen LogP contribution in [0.3, 0.4) is 0 Å². The Labute approximate surface area is 166 Å². The van der Waals surface area contributed by atoms with Crippen molar-refractivity contribution in [1.29, 1.82) is 0 Å². The van der Waals surface area contributed by atoms with Gasteiger partial charge in [-0.05, 0) is 42.7 Å². The van der Waals surface area contributed by atoms with Crippen molar-refractivity contribution in [2.75, 3.05) is 25.2 Å². The normalized spacial score (nSPS) is 12.0. The summed E-state index contributed by atoms with van der Waals surface area (Å²) in [6.07, 6.45) is 1.98. The van der Waals surface area contributed by atoms with Gasteiger partial charge in [-0.25, -0.2) is 0 Å². The van der Waals surface area contributed by atoms with Crippen LogP contribution in [0.4, 0.5) is 5.69 Å². The summed E-state index contributed by atoms with van der Waals surface area (Å²) in [5.41, 5.74) is 1.63. The number of likely N-dealkylation sites (N-methyl/N-ethyl adjacent to an activating group) is 1. The molecule has 0 aliphatic rings. The van der Waals surface area contributed by atoms with Gasteiger partial charge < -0.3 is 14.6 Å². The number of nitrogens with zero attached hydrogens (tertiary/aromatic N) is 2. The van der Waals surface area contributed by atoms with Crippen LogP contribution in [0.25, 0.3) is 11.5 Å². The molecular weight excluding hydrogens is 384 g/mol. The number of carbonyl (C=O) groups is 1. The van der Waals surface area contributed by atoms with Gasteiger partial charge in [-0.1, -0.05) is 23.7 Å². The van der Waals surface area contributed by atoms with Crippen molar-refractivity contribution in [3.05, 3.63) is 59.4 Å². The Balaban J connectivity index is 1.57. The highest BCUT2D eigenvalue weighted by atomic mass is 35.5. The number of quaternary nitrogens is 1. The molecule has 0 aliphatic heterocycles. The van der Waals surface area contributed by atoms with Crippen molar-refractivity contribution < 1.29 is 14.1 Å². The number of hydrogen-bond donors (Lipinski definition) is 2. The number of halogens is 1. The maximum absolute atomic E-state index is 12.3. The van der Waals surface area contributed by atoms with Gasteiger partial charge in [0.15, 0.2) is 13.1 Å². The Kier molecular flexibility index (Phi) is 6.49. The standard InChI is InChI=1S/C19H19ClN4O2S/c1-24(11-17(25)21-15-5-3-4-6-16(15)27-2)12-18-22-23-19(26-18)13-7-9-14(20)10-8-13/h3-10H,11-12H2,1-2H3,(H,21,25)/p+1. The van der Waals surface area contributed by atoms with Crippen LogP contribution in [-0.4, -0.2) is 36.0 Å². The number of rotatable bonds is 7. The van der Waals surface area contributed by atoms with Crippen molar-refractivity contribution in [1.82, 2.24) is 10.2 Å². The number of anilines is 1. The number of hydrogen-bond acceptors (Lipinski definition) is 5. The molecule has 1 aromatic heterocycles. The van der Waals surface area contributed by atoms with Gasteiger partial charge >= 0.3 is 0 Å². The van der Waals surface area contributed by atoms with Crippen molar-refractivity contribution in [3.8, 4) is 11.5 Å². The number of carbonyl (C=O) groups excluding carboxylic acids is 1. The van der Waals surface area contributed by atoms with Gasteiger partial charge in [0.2, 0.25) is 5.89 Å². The Morgan fingerprint density at radius 3 is 2.67 bits per heavy atom. The maximum Gasteiger partial charge on any atom is 0.279 e. The lowest BCUT2D eigenvalue weighted by atomic mass is 10.2. The van der Waals surface area contributed by atoms with Crippen LogP contribution >= 0.6 is 23.4 Å². The molecule has 27 heavy (non-hydrogen) atoms. The van der Waals surface area contributed by atoms with Crippen molar-refractivity contribution in [3.63, 3.8) is 0 Å². The van der Waals surface area contributed by atoms with E-state index >= 15 is 0 Å². The SMILES string of the molecule is CSc1ccccc1NC(=O)C[NH+](C)Cc1nnc(-c2ccc(Cl)cc2)o1. The average molecular weight is 404 g/mol. The molecule has 0 radical (unpaired) electrons. The van der Waals surface area contributed by atoms with Crippen molar-refractivity contribution in [2.24, 2.45) is 0 Å². The van der Waals surface area contributed by atoms with Gasteiger partial charge in [0.05, 0.1) is 12.7 Å². The van der Waals surface area contributed by atoms with Crippen LogP contribution in [0.5, 0.6) is 0 Å². The quantitative estimate of drug-likeness (QED) is 0.593. The van der Waals surface area contributed by atoms with E-state index in [-0.39, 0.29) is 5.91 Å². The smallest absolute Gasteiger partial charge is 0.279 e. The van der Waals surface area contributed by atoms with Crippen LogP contribution in [0, 0.1) is 0 Å². The molecular formula is C19H20ClN4O2S+. The van der Waals surface area contributed by atoms with Gasteiger partial charge in [0, 0.05) is 15.5 Å². The fourth-order valence-corrected chi connectivity index (χ4v) is 3.25. The Morgan fingerprint density at radius 1 is 1.19 bits per heavy atom. The lowest BCUT2D eigenvalue weighted by Crippen LogP contribution is -3.08. The molecule has 3 aromatic rings. The Hall–Kier alpha value is -2.35. The zero-order chi connectivity index (χ0) is 19.2. The van der Waals surface area contributed by atoms with Gasteiger partial charge in [0.25, 0.3) is 11.8 Å². The lowest BCUT2D eigenvalue weighted by molar-refractivity contribution is -0.886. The molecule has 1 atom stereocenters. The highest BCUT2D eigenvalue weighted by Gasteiger charge is 2.16. The summed E-state index contributed by atoms with van der Waals surface area (Å²) in [6, 6.07) is 14.9. The van der Waals surface area contributed by atoms with Crippen molar-refractivity contribution >= 4 is 35.0 Å². The predicted octanol–water partition coefficient (Wildman–Crippen LogP) is 2.77. The molecule has 0 fully saturated rings. The first-order chi connectivity index (χ1) is 13.0. The Bertz CT molecular complexity index is 914. The molecule has 1 amide bonds. The van der Waals surface area contributed by atoms with E-state index in [9.17, 15) is 4.79 Å². The summed E-state index contributed by atoms with van der Waals surface area (Å²) < 4.78 is 5.70. The fraction of sp³-hybridized carbons (Fsp3) is 0.211. The zero-order valence-electron chi connectivity index (χ0n) is 15.0. The third kappa shape index (κ3) is 5.32. The van der Waals surface area contributed by atoms with Gasteiger partial charge in [-0.15, -0.1) is 22.0 Å². The molecule has 0 aliphatic carbocycles. The largest absolute Gasteiger partial charge is 0.415 e. The summed E-state index contributed by atoms with van der Waals surface area (Å²) in [6.45, 7) is 0.750. The molecule has 0 saturated carbocycles. The third-order valence-electron chi connectivity index (χ3n) is 3.85. The van der Waals surface area contributed by atoms with E-state index in [2.05, 4.69) is 15.5 Å². The second-order valence-corrected chi connectivity index (χ2v) is 7.35. The summed E-state index contributed by atoms with van der Waals surface area (Å²) in [7, 11) is 1.91. The first-order valence-corrected chi connectivity index (χ1v) is 9.98. The first kappa shape index (κ1) is 19.4. The molecule has 2 N–H and O–H groups in total. The molecule has 8 heteroatoms. The van der Waals surface area contributed by atoms with Crippen molar-refractivity contribution in [2.45, 2.75) is 11.4 Å². The van der Waals surface area contributed by atoms with Gasteiger partial charge in [0.1, 0.15) is 0 Å². The van der Waals surface area contributed by atoms with E-state index in [0.29, 0.717) is 29.9 Å². The summed E-state index contributed by atoms with van der Waals surface area (Å²) in [5, 5.41) is 11.7. The minimum absolute atomic E-state index is 0.0635. The van der Waals surface area contributed by atoms with Crippen LogP contribution < -0.4 is 10.2 Å². The molecule has 2 aromatic carbocycles. The topological polar surface area (TPSA) is 72.5 Å². The molecule has 0 bridgehead atoms. The monoisotopic (exact) mass is 403 g/mol. The summed E-state index contributed by atoms with van der Waals surface area (Å²) in [5.74, 6) is 0.856. The highest BCUT2D eigenvalue weighted by molar-refractivity contribution is 7.98. The molecule has 0 spiro atoms. The molecule has 0 saturated heterocycles. The summed E-state index contributed by atoms with van der Waals surface area (Å²) in [4.78, 5) is 14.3. The first-order valence-electron chi connectivity index (χ1n) is 8.37. The van der Waals surface area contributed by atoms with E-state index < -0.39 is 0 Å². The highest BCUT2D eigenvalue weighted by Crippen LogP contribution is 2.24. The molecule has 1 heterocycles. The number of aromatic nitrogens is 2. The molecule has 140 valence electrons. The molecule has 1 unspecified atom stereocenters. The lowest BCUT2D eigenvalue weighted by Gasteiger charge is -2.13. The minimum Gasteiger partial charge on any atom is -0.415 e. The second kappa shape index (κ2) is 9.03. The predicted molar refractivity (Wildman–Crippen MR) is 107 cm³/mol. The molecule has 3 rings (SSSR count). The Morgan fingerprint density at radius 2 is 1.93 bits per heavy atom. The van der Waals surface area contributed by atoms with Crippen LogP contribution in [-0.2, 0) is 11.3 Å². The minimum atomic E-state index is -0.0635. The van der Waals surface area contributed by atoms with E-state index in [1.165, 1.54) is 0 Å². The number of para-hydroxylation sites is 1. The van der Waals surface area contributed by atoms with Crippen LogP contribution in [0.1, 0.15) is 5.89 Å². The molecule has 6 nitrogen and oxygen atoms in total. The number of amides is 1. The van der Waals surface area contributed by atoms with Gasteiger partial charge in [-0.2, -0.15) is 0 Å². The second-order valence-electron chi connectivity index (χ2n) is 6.07. The van der Waals surface area contributed by atoms with Gasteiger partial charge in [-0.3, -0.25) is 4.79 Å². The van der Waals surface area contributed by atoms with E-state index in [1.54, 1.807) is 23.9 Å². The van der Waals surface area contributed by atoms with Crippen LogP contribution in [0.15, 0.2) is 57.8 Å². The number of benzene rings is 2. The zero-order valence-corrected chi connectivity index (χ0v) is 16.6. The van der Waals surface area contributed by atoms with E-state index in [0.717, 1.165) is 21.0 Å². The fourth-order valence-electron chi connectivity index (χ4n) is 2.57.